The number of aromatic nitrogens is 2. The first-order valence-electron chi connectivity index (χ1n) is 8.48. The number of benzene rings is 1. The van der Waals surface area contributed by atoms with Crippen LogP contribution in [0.2, 0.25) is 0 Å². The molecule has 5 nitrogen and oxygen atoms in total. The number of hydrogen-bond donors (Lipinski definition) is 1. The quantitative estimate of drug-likeness (QED) is 0.906. The molecule has 1 aliphatic rings. The van der Waals surface area contributed by atoms with Gasteiger partial charge in [0, 0.05) is 6.54 Å². The SMILES string of the molecule is Cc1ccc(CNC(=O)c2nnc(CN3CCC(C)CC3)s2)cc1. The lowest BCUT2D eigenvalue weighted by Crippen LogP contribution is -2.32. The van der Waals surface area contributed by atoms with Crippen LogP contribution < -0.4 is 5.32 Å². The molecule has 128 valence electrons. The zero-order valence-corrected chi connectivity index (χ0v) is 15.1. The molecule has 1 amide bonds. The van der Waals surface area contributed by atoms with Crippen LogP contribution in [0, 0.1) is 12.8 Å². The minimum absolute atomic E-state index is 0.147. The molecular weight excluding hydrogens is 320 g/mol. The molecule has 1 fully saturated rings. The number of carbonyl (C=O) groups excluding carboxylic acids is 1. The van der Waals surface area contributed by atoms with Gasteiger partial charge in [-0.2, -0.15) is 0 Å². The maximum atomic E-state index is 12.2. The van der Waals surface area contributed by atoms with Crippen LogP contribution in [0.4, 0.5) is 0 Å². The molecule has 0 saturated carbocycles. The fourth-order valence-corrected chi connectivity index (χ4v) is 3.58. The number of nitrogens with one attached hydrogen (secondary N) is 1. The van der Waals surface area contributed by atoms with E-state index < -0.39 is 0 Å². The zero-order chi connectivity index (χ0) is 16.9. The standard InChI is InChI=1S/C18H24N4OS/c1-13-3-5-15(6-4-13)11-19-17(23)18-21-20-16(24-18)12-22-9-7-14(2)8-10-22/h3-6,14H,7-12H2,1-2H3,(H,19,23). The number of carbonyl (C=O) groups is 1. The summed E-state index contributed by atoms with van der Waals surface area (Å²) < 4.78 is 0. The second kappa shape index (κ2) is 7.85. The molecule has 3 rings (SSSR count). The lowest BCUT2D eigenvalue weighted by Gasteiger charge is -2.29. The monoisotopic (exact) mass is 344 g/mol. The minimum atomic E-state index is -0.147. The summed E-state index contributed by atoms with van der Waals surface area (Å²) in [5, 5.41) is 12.5. The molecule has 1 aliphatic heterocycles. The highest BCUT2D eigenvalue weighted by atomic mass is 32.1. The maximum Gasteiger partial charge on any atom is 0.282 e. The highest BCUT2D eigenvalue weighted by Crippen LogP contribution is 2.19. The number of likely N-dealkylation sites (tertiary alicyclic amines) is 1. The third-order valence-electron chi connectivity index (χ3n) is 4.47. The largest absolute Gasteiger partial charge is 0.346 e. The summed E-state index contributed by atoms with van der Waals surface area (Å²) in [6.45, 7) is 7.88. The zero-order valence-electron chi connectivity index (χ0n) is 14.3. The third-order valence-corrected chi connectivity index (χ3v) is 5.38. The van der Waals surface area contributed by atoms with E-state index in [2.05, 4.69) is 27.3 Å². The lowest BCUT2D eigenvalue weighted by molar-refractivity contribution is 0.0950. The molecule has 0 atom stereocenters. The summed E-state index contributed by atoms with van der Waals surface area (Å²) in [5.41, 5.74) is 2.30. The van der Waals surface area contributed by atoms with Crippen LogP contribution in [-0.4, -0.2) is 34.1 Å². The average Bonchev–Trinajstić information content (AvgIpc) is 3.05. The van der Waals surface area contributed by atoms with Gasteiger partial charge in [0.15, 0.2) is 0 Å². The van der Waals surface area contributed by atoms with Gasteiger partial charge in [0.1, 0.15) is 5.01 Å². The van der Waals surface area contributed by atoms with Crippen LogP contribution in [0.3, 0.4) is 0 Å². The second-order valence-electron chi connectivity index (χ2n) is 6.63. The van der Waals surface area contributed by atoms with E-state index in [1.54, 1.807) is 0 Å². The summed E-state index contributed by atoms with van der Waals surface area (Å²) >= 11 is 1.40. The summed E-state index contributed by atoms with van der Waals surface area (Å²) in [7, 11) is 0. The van der Waals surface area contributed by atoms with Crippen LogP contribution in [0.1, 0.15) is 45.7 Å². The van der Waals surface area contributed by atoms with Gasteiger partial charge in [-0.3, -0.25) is 9.69 Å². The first kappa shape index (κ1) is 17.0. The highest BCUT2D eigenvalue weighted by molar-refractivity contribution is 7.13. The van der Waals surface area contributed by atoms with Crippen LogP contribution in [-0.2, 0) is 13.1 Å². The number of hydrogen-bond acceptors (Lipinski definition) is 5. The van der Waals surface area contributed by atoms with E-state index in [0.29, 0.717) is 11.6 Å². The van der Waals surface area contributed by atoms with Gasteiger partial charge in [-0.25, -0.2) is 0 Å². The molecule has 0 unspecified atom stereocenters. The van der Waals surface area contributed by atoms with Gasteiger partial charge in [-0.1, -0.05) is 48.1 Å². The van der Waals surface area contributed by atoms with Gasteiger partial charge in [0.25, 0.3) is 5.91 Å². The first-order chi connectivity index (χ1) is 11.6. The van der Waals surface area contributed by atoms with Crippen molar-refractivity contribution in [1.82, 2.24) is 20.4 Å². The van der Waals surface area contributed by atoms with Crippen LogP contribution in [0.25, 0.3) is 0 Å². The summed E-state index contributed by atoms with van der Waals surface area (Å²) in [6.07, 6.45) is 2.48. The topological polar surface area (TPSA) is 58.1 Å². The molecule has 1 aromatic heterocycles. The Morgan fingerprint density at radius 3 is 2.67 bits per heavy atom. The molecule has 0 spiro atoms. The molecule has 0 bridgehead atoms. The van der Waals surface area contributed by atoms with Crippen molar-refractivity contribution in [3.8, 4) is 0 Å². The fraction of sp³-hybridized carbons (Fsp3) is 0.500. The number of nitrogens with zero attached hydrogens (tertiary/aromatic N) is 3. The molecule has 1 saturated heterocycles. The normalized spacial score (nSPS) is 16.2. The van der Waals surface area contributed by atoms with E-state index in [1.807, 2.05) is 31.2 Å². The van der Waals surface area contributed by atoms with Gasteiger partial charge in [0.2, 0.25) is 5.01 Å². The molecular formula is C18H24N4OS. The Hall–Kier alpha value is -1.79. The molecule has 1 N–H and O–H groups in total. The lowest BCUT2D eigenvalue weighted by atomic mass is 9.99. The van der Waals surface area contributed by atoms with Crippen molar-refractivity contribution in [2.45, 2.75) is 39.8 Å². The first-order valence-corrected chi connectivity index (χ1v) is 9.30. The Kier molecular flexibility index (Phi) is 5.58. The second-order valence-corrected chi connectivity index (χ2v) is 7.69. The molecule has 0 aliphatic carbocycles. The number of rotatable bonds is 5. The van der Waals surface area contributed by atoms with Crippen molar-refractivity contribution in [3.63, 3.8) is 0 Å². The van der Waals surface area contributed by atoms with Gasteiger partial charge in [0.05, 0.1) is 6.54 Å². The Bertz CT molecular complexity index is 675. The smallest absolute Gasteiger partial charge is 0.282 e. The molecule has 6 heteroatoms. The summed E-state index contributed by atoms with van der Waals surface area (Å²) in [4.78, 5) is 14.6. The van der Waals surface area contributed by atoms with Crippen molar-refractivity contribution < 1.29 is 4.79 Å². The Morgan fingerprint density at radius 2 is 1.96 bits per heavy atom. The van der Waals surface area contributed by atoms with Crippen molar-refractivity contribution in [3.05, 3.63) is 45.4 Å². The van der Waals surface area contributed by atoms with Gasteiger partial charge in [-0.05, 0) is 44.3 Å². The predicted molar refractivity (Wildman–Crippen MR) is 95.9 cm³/mol. The van der Waals surface area contributed by atoms with Gasteiger partial charge >= 0.3 is 0 Å². The number of aryl methyl sites for hydroxylation is 1. The third kappa shape index (κ3) is 4.61. The van der Waals surface area contributed by atoms with E-state index >= 15 is 0 Å². The van der Waals surface area contributed by atoms with Crippen molar-refractivity contribution >= 4 is 17.2 Å². The average molecular weight is 344 g/mol. The maximum absolute atomic E-state index is 12.2. The van der Waals surface area contributed by atoms with E-state index in [1.165, 1.54) is 29.7 Å². The van der Waals surface area contributed by atoms with E-state index in [9.17, 15) is 4.79 Å². The number of amides is 1. The van der Waals surface area contributed by atoms with Crippen molar-refractivity contribution in [2.75, 3.05) is 13.1 Å². The van der Waals surface area contributed by atoms with Gasteiger partial charge in [-0.15, -0.1) is 10.2 Å². The van der Waals surface area contributed by atoms with E-state index in [-0.39, 0.29) is 5.91 Å². The highest BCUT2D eigenvalue weighted by Gasteiger charge is 2.18. The van der Waals surface area contributed by atoms with Gasteiger partial charge < -0.3 is 5.32 Å². The predicted octanol–water partition coefficient (Wildman–Crippen LogP) is 3.01. The Balaban J connectivity index is 1.50. The van der Waals surface area contributed by atoms with Crippen molar-refractivity contribution in [1.29, 1.82) is 0 Å². The van der Waals surface area contributed by atoms with Crippen LogP contribution >= 0.6 is 11.3 Å². The minimum Gasteiger partial charge on any atom is -0.346 e. The summed E-state index contributed by atoms with van der Waals surface area (Å²) in [6, 6.07) is 8.14. The van der Waals surface area contributed by atoms with E-state index in [4.69, 9.17) is 0 Å². The summed E-state index contributed by atoms with van der Waals surface area (Å²) in [5.74, 6) is 0.672. The molecule has 24 heavy (non-hydrogen) atoms. The van der Waals surface area contributed by atoms with Crippen LogP contribution in [0.15, 0.2) is 24.3 Å². The van der Waals surface area contributed by atoms with E-state index in [0.717, 1.165) is 36.1 Å². The van der Waals surface area contributed by atoms with Crippen molar-refractivity contribution in [2.24, 2.45) is 5.92 Å². The van der Waals surface area contributed by atoms with Crippen LogP contribution in [0.5, 0.6) is 0 Å². The number of piperidine rings is 1. The Labute approximate surface area is 147 Å². The molecule has 2 aromatic rings. The molecule has 2 heterocycles. The molecule has 1 aromatic carbocycles. The Morgan fingerprint density at radius 1 is 1.25 bits per heavy atom. The molecule has 0 radical (unpaired) electrons. The fourth-order valence-electron chi connectivity index (χ4n) is 2.78.